The van der Waals surface area contributed by atoms with E-state index in [1.54, 1.807) is 20.8 Å². The van der Waals surface area contributed by atoms with Gasteiger partial charge in [0.1, 0.15) is 23.2 Å². The Bertz CT molecular complexity index is 734. The average Bonchev–Trinajstić information content (AvgIpc) is 2.59. The number of nitrogens with one attached hydrogen (secondary N) is 1. The van der Waals surface area contributed by atoms with E-state index in [2.05, 4.69) is 5.32 Å². The first kappa shape index (κ1) is 23.1. The molecule has 1 heterocycles. The van der Waals surface area contributed by atoms with Gasteiger partial charge < -0.3 is 10.2 Å². The predicted octanol–water partition coefficient (Wildman–Crippen LogP) is 2.81. The molecule has 1 aliphatic rings. The Labute approximate surface area is 165 Å². The highest BCUT2D eigenvalue weighted by Gasteiger charge is 2.38. The van der Waals surface area contributed by atoms with Gasteiger partial charge in [-0.05, 0) is 25.0 Å². The number of rotatable bonds is 5. The van der Waals surface area contributed by atoms with Gasteiger partial charge in [0.15, 0.2) is 0 Å². The van der Waals surface area contributed by atoms with Gasteiger partial charge in [0, 0.05) is 25.7 Å². The Morgan fingerprint density at radius 3 is 2.24 bits per heavy atom. The third-order valence-corrected chi connectivity index (χ3v) is 4.87. The molecule has 2 rings (SSSR count). The quantitative estimate of drug-likeness (QED) is 0.744. The number of carbonyl (C=O) groups excluding carboxylic acids is 2. The number of nitrogens with zero attached hydrogens (tertiary/aromatic N) is 2. The maximum Gasteiger partial charge on any atom is 0.401 e. The molecule has 1 saturated heterocycles. The molecule has 1 aromatic rings. The van der Waals surface area contributed by atoms with Gasteiger partial charge in [0.05, 0.1) is 6.54 Å². The molecule has 10 heteroatoms. The van der Waals surface area contributed by atoms with E-state index in [0.29, 0.717) is 0 Å². The van der Waals surface area contributed by atoms with Gasteiger partial charge in [-0.15, -0.1) is 0 Å². The van der Waals surface area contributed by atoms with Crippen molar-refractivity contribution in [3.63, 3.8) is 0 Å². The minimum atomic E-state index is -4.33. The van der Waals surface area contributed by atoms with Gasteiger partial charge in [-0.3, -0.25) is 14.5 Å². The Balaban J connectivity index is 2.09. The number of carbonyl (C=O) groups is 2. The molecule has 1 aromatic carbocycles. The molecular formula is C19H24F5N3O2. The molecule has 0 radical (unpaired) electrons. The van der Waals surface area contributed by atoms with Gasteiger partial charge in [0.25, 0.3) is 5.91 Å². The van der Waals surface area contributed by atoms with Crippen molar-refractivity contribution in [3.8, 4) is 0 Å². The summed E-state index contributed by atoms with van der Waals surface area (Å²) in [6.07, 6.45) is -4.33. The lowest BCUT2D eigenvalue weighted by atomic mass is 10.0. The summed E-state index contributed by atoms with van der Waals surface area (Å²) >= 11 is 0. The summed E-state index contributed by atoms with van der Waals surface area (Å²) in [6, 6.07) is 1.40. The lowest BCUT2D eigenvalue weighted by molar-refractivity contribution is -0.158. The molecule has 0 aliphatic carbocycles. The number of amides is 2. The van der Waals surface area contributed by atoms with Crippen LogP contribution in [0.5, 0.6) is 0 Å². The summed E-state index contributed by atoms with van der Waals surface area (Å²) in [5.41, 5.74) is -0.783. The second kappa shape index (κ2) is 9.06. The molecule has 1 fully saturated rings. The van der Waals surface area contributed by atoms with Crippen LogP contribution >= 0.6 is 0 Å². The van der Waals surface area contributed by atoms with Crippen molar-refractivity contribution in [2.45, 2.75) is 39.0 Å². The van der Waals surface area contributed by atoms with Crippen molar-refractivity contribution in [3.05, 3.63) is 35.4 Å². The van der Waals surface area contributed by atoms with Gasteiger partial charge in [-0.1, -0.05) is 19.9 Å². The van der Waals surface area contributed by atoms with Crippen molar-refractivity contribution in [1.82, 2.24) is 15.1 Å². The van der Waals surface area contributed by atoms with Crippen LogP contribution in [0.2, 0.25) is 0 Å². The highest BCUT2D eigenvalue weighted by atomic mass is 19.4. The SMILES string of the molecule is CC(C)[C@H](NC(=O)c1c(F)cccc1F)C(=O)N1CCN(CC(F)(F)F)[C@H](C)C1. The van der Waals surface area contributed by atoms with Crippen molar-refractivity contribution >= 4 is 11.8 Å². The van der Waals surface area contributed by atoms with Crippen molar-refractivity contribution in [2.24, 2.45) is 5.92 Å². The molecule has 0 spiro atoms. The molecule has 0 aromatic heterocycles. The summed E-state index contributed by atoms with van der Waals surface area (Å²) in [5, 5.41) is 2.37. The molecule has 0 unspecified atom stereocenters. The largest absolute Gasteiger partial charge is 0.401 e. The van der Waals surface area contributed by atoms with E-state index >= 15 is 0 Å². The monoisotopic (exact) mass is 421 g/mol. The van der Waals surface area contributed by atoms with E-state index in [4.69, 9.17) is 0 Å². The lowest BCUT2D eigenvalue weighted by Crippen LogP contribution is -2.60. The molecule has 1 aliphatic heterocycles. The second-order valence-corrected chi connectivity index (χ2v) is 7.51. The van der Waals surface area contributed by atoms with E-state index < -0.39 is 59.7 Å². The highest BCUT2D eigenvalue weighted by Crippen LogP contribution is 2.21. The van der Waals surface area contributed by atoms with E-state index in [1.807, 2.05) is 0 Å². The van der Waals surface area contributed by atoms with E-state index in [9.17, 15) is 31.5 Å². The number of hydrogen-bond acceptors (Lipinski definition) is 3. The van der Waals surface area contributed by atoms with Crippen LogP contribution in [0, 0.1) is 17.6 Å². The van der Waals surface area contributed by atoms with Crippen LogP contribution in [0.1, 0.15) is 31.1 Å². The van der Waals surface area contributed by atoms with Crippen molar-refractivity contribution in [1.29, 1.82) is 0 Å². The maximum atomic E-state index is 13.8. The van der Waals surface area contributed by atoms with Crippen LogP contribution < -0.4 is 5.32 Å². The molecule has 0 saturated carbocycles. The molecular weight excluding hydrogens is 397 g/mol. The summed E-state index contributed by atoms with van der Waals surface area (Å²) in [5.74, 6) is -4.05. The van der Waals surface area contributed by atoms with Crippen molar-refractivity contribution < 1.29 is 31.5 Å². The predicted molar refractivity (Wildman–Crippen MR) is 96.1 cm³/mol. The molecule has 5 nitrogen and oxygen atoms in total. The van der Waals surface area contributed by atoms with Gasteiger partial charge >= 0.3 is 6.18 Å². The number of piperazine rings is 1. The Morgan fingerprint density at radius 2 is 1.76 bits per heavy atom. The number of hydrogen-bond donors (Lipinski definition) is 1. The zero-order chi connectivity index (χ0) is 21.9. The van der Waals surface area contributed by atoms with Gasteiger partial charge in [-0.25, -0.2) is 8.78 Å². The summed E-state index contributed by atoms with van der Waals surface area (Å²) in [4.78, 5) is 27.9. The minimum absolute atomic E-state index is 0.0348. The van der Waals surface area contributed by atoms with Crippen LogP contribution in [-0.4, -0.2) is 66.1 Å². The van der Waals surface area contributed by atoms with Crippen LogP contribution in [0.3, 0.4) is 0 Å². The number of halogens is 5. The summed E-state index contributed by atoms with van der Waals surface area (Å²) < 4.78 is 65.6. The molecule has 162 valence electrons. The molecule has 29 heavy (non-hydrogen) atoms. The molecule has 2 amide bonds. The number of benzene rings is 1. The fraction of sp³-hybridized carbons (Fsp3) is 0.579. The normalized spacial score (nSPS) is 19.3. The van der Waals surface area contributed by atoms with E-state index in [-0.39, 0.29) is 19.6 Å². The first-order valence-electron chi connectivity index (χ1n) is 9.25. The second-order valence-electron chi connectivity index (χ2n) is 7.51. The standard InChI is InChI=1S/C19H24F5N3O2/c1-11(2)16(25-17(28)15-13(20)5-4-6-14(15)21)18(29)26-7-8-27(12(3)9-26)10-19(22,23)24/h4-6,11-12,16H,7-10H2,1-3H3,(H,25,28)/t12-,16+/m1/s1. The lowest BCUT2D eigenvalue weighted by Gasteiger charge is -2.41. The highest BCUT2D eigenvalue weighted by molar-refractivity contribution is 5.98. The summed E-state index contributed by atoms with van der Waals surface area (Å²) in [7, 11) is 0. The smallest absolute Gasteiger partial charge is 0.340 e. The summed E-state index contributed by atoms with van der Waals surface area (Å²) in [6.45, 7) is 3.99. The molecule has 1 N–H and O–H groups in total. The first-order valence-corrected chi connectivity index (χ1v) is 9.25. The third-order valence-electron chi connectivity index (χ3n) is 4.87. The zero-order valence-electron chi connectivity index (χ0n) is 16.4. The minimum Gasteiger partial charge on any atom is -0.340 e. The Hall–Kier alpha value is -2.23. The van der Waals surface area contributed by atoms with E-state index in [1.165, 1.54) is 9.80 Å². The van der Waals surface area contributed by atoms with Crippen LogP contribution in [0.4, 0.5) is 22.0 Å². The Morgan fingerprint density at radius 1 is 1.17 bits per heavy atom. The first-order chi connectivity index (χ1) is 13.4. The topological polar surface area (TPSA) is 52.7 Å². The van der Waals surface area contributed by atoms with Crippen LogP contribution in [0.15, 0.2) is 18.2 Å². The third kappa shape index (κ3) is 5.88. The fourth-order valence-corrected chi connectivity index (χ4v) is 3.30. The number of alkyl halides is 3. The average molecular weight is 421 g/mol. The molecule has 0 bridgehead atoms. The maximum absolute atomic E-state index is 13.8. The van der Waals surface area contributed by atoms with Crippen LogP contribution in [0.25, 0.3) is 0 Å². The zero-order valence-corrected chi connectivity index (χ0v) is 16.4. The fourth-order valence-electron chi connectivity index (χ4n) is 3.30. The Kier molecular flexibility index (Phi) is 7.20. The van der Waals surface area contributed by atoms with Gasteiger partial charge in [-0.2, -0.15) is 13.2 Å². The van der Waals surface area contributed by atoms with Gasteiger partial charge in [0.2, 0.25) is 5.91 Å². The molecule has 2 atom stereocenters. The van der Waals surface area contributed by atoms with Crippen molar-refractivity contribution in [2.75, 3.05) is 26.2 Å². The van der Waals surface area contributed by atoms with Crippen LogP contribution in [-0.2, 0) is 4.79 Å². The van der Waals surface area contributed by atoms with E-state index in [0.717, 1.165) is 18.2 Å².